The summed E-state index contributed by atoms with van der Waals surface area (Å²) in [4.78, 5) is 28.0. The van der Waals surface area contributed by atoms with Gasteiger partial charge in [0.15, 0.2) is 0 Å². The van der Waals surface area contributed by atoms with Crippen LogP contribution in [0.3, 0.4) is 0 Å². The normalized spacial score (nSPS) is 13.4. The van der Waals surface area contributed by atoms with Crippen molar-refractivity contribution in [2.45, 2.75) is 59.2 Å². The molecule has 0 unspecified atom stereocenters. The molecule has 1 aliphatic carbocycles. The first-order valence-electron chi connectivity index (χ1n) is 13.8. The Morgan fingerprint density at radius 2 is 1.66 bits per heavy atom. The molecule has 44 heavy (non-hydrogen) atoms. The first kappa shape index (κ1) is 30.0. The Kier molecular flexibility index (Phi) is 7.84. The van der Waals surface area contributed by atoms with E-state index in [-0.39, 0.29) is 41.2 Å². The molecule has 1 aromatic carbocycles. The minimum absolute atomic E-state index is 0.146. The van der Waals surface area contributed by atoms with Gasteiger partial charge in [0, 0.05) is 23.5 Å². The standard InChI is InChI=1S/C29H27ClF2N8O2S2/c1-11-12(2)39-40(29-19(11)22(33)25(44-29)27(42)36-14-5-4-6-14)10-16-13(3)37-38-28-20(16)23(34)24(43-28)26(41)35-9-15-17(31)7-8-18(32)21(15)30/h7-8,14H,4-6,9-10H2,1-3H3,(H5-,33,34,35,36,41,42)/p+1. The van der Waals surface area contributed by atoms with Crippen LogP contribution >= 0.6 is 34.3 Å². The first-order chi connectivity index (χ1) is 21.0. The van der Waals surface area contributed by atoms with Crippen LogP contribution in [0.1, 0.15) is 66.7 Å². The maximum Gasteiger partial charge on any atom is 0.298 e. The molecule has 4 aromatic heterocycles. The van der Waals surface area contributed by atoms with E-state index in [1.54, 1.807) is 11.6 Å². The van der Waals surface area contributed by atoms with E-state index >= 15 is 0 Å². The van der Waals surface area contributed by atoms with E-state index < -0.39 is 22.6 Å². The average Bonchev–Trinajstić information content (AvgIpc) is 3.50. The lowest BCUT2D eigenvalue weighted by molar-refractivity contribution is -0.720. The summed E-state index contributed by atoms with van der Waals surface area (Å²) >= 11 is 8.23. The lowest BCUT2D eigenvalue weighted by atomic mass is 9.93. The fraction of sp³-hybridized carbons (Fsp3) is 0.310. The van der Waals surface area contributed by atoms with Gasteiger partial charge in [-0.05, 0) is 62.8 Å². The van der Waals surface area contributed by atoms with E-state index in [0.717, 1.165) is 64.2 Å². The van der Waals surface area contributed by atoms with Crippen LogP contribution in [0.25, 0.3) is 20.4 Å². The number of nitrogens with one attached hydrogen (secondary N) is 2. The predicted octanol–water partition coefficient (Wildman–Crippen LogP) is 4.87. The number of hydrogen-bond donors (Lipinski definition) is 4. The minimum atomic E-state index is -0.792. The number of anilines is 2. The van der Waals surface area contributed by atoms with Crippen LogP contribution in [0.4, 0.5) is 20.2 Å². The summed E-state index contributed by atoms with van der Waals surface area (Å²) in [5.74, 6) is -2.33. The molecular formula is C29H28ClF2N8O2S2+. The van der Waals surface area contributed by atoms with Crippen molar-refractivity contribution in [3.8, 4) is 0 Å². The summed E-state index contributed by atoms with van der Waals surface area (Å²) in [5.41, 5.74) is 16.4. The molecule has 0 atom stereocenters. The smallest absolute Gasteiger partial charge is 0.298 e. The Hall–Kier alpha value is -4.01. The molecule has 0 bridgehead atoms. The van der Waals surface area contributed by atoms with Gasteiger partial charge in [-0.2, -0.15) is 5.10 Å². The lowest BCUT2D eigenvalue weighted by Crippen LogP contribution is -2.40. The van der Waals surface area contributed by atoms with Crippen LogP contribution in [0.2, 0.25) is 5.02 Å². The van der Waals surface area contributed by atoms with Gasteiger partial charge in [0.1, 0.15) is 31.9 Å². The van der Waals surface area contributed by atoms with Gasteiger partial charge in [-0.1, -0.05) is 27.6 Å². The molecule has 1 fully saturated rings. The Bertz CT molecular complexity index is 2010. The van der Waals surface area contributed by atoms with Crippen molar-refractivity contribution in [2.75, 3.05) is 11.5 Å². The monoisotopic (exact) mass is 657 g/mol. The molecule has 6 N–H and O–H groups in total. The molecule has 1 saturated carbocycles. The third kappa shape index (κ3) is 5.10. The molecule has 0 spiro atoms. The highest BCUT2D eigenvalue weighted by molar-refractivity contribution is 7.21. The molecule has 10 nitrogen and oxygen atoms in total. The van der Waals surface area contributed by atoms with Crippen molar-refractivity contribution >= 4 is 77.9 Å². The summed E-state index contributed by atoms with van der Waals surface area (Å²) in [6.45, 7) is 5.45. The number of carbonyl (C=O) groups excluding carboxylic acids is 2. The number of aromatic nitrogens is 4. The van der Waals surface area contributed by atoms with Gasteiger partial charge in [-0.3, -0.25) is 9.59 Å². The molecule has 2 amide bonds. The molecular weight excluding hydrogens is 630 g/mol. The topological polar surface area (TPSA) is 153 Å². The van der Waals surface area contributed by atoms with Crippen molar-refractivity contribution in [3.63, 3.8) is 0 Å². The fourth-order valence-corrected chi connectivity index (χ4v) is 7.52. The van der Waals surface area contributed by atoms with E-state index in [2.05, 4.69) is 20.8 Å². The molecule has 15 heteroatoms. The maximum atomic E-state index is 14.3. The number of benzene rings is 1. The Labute approximate surface area is 263 Å². The van der Waals surface area contributed by atoms with E-state index in [4.69, 9.17) is 28.2 Å². The van der Waals surface area contributed by atoms with Crippen LogP contribution in [-0.2, 0) is 13.1 Å². The number of hydrogen-bond acceptors (Lipinski definition) is 9. The SMILES string of the molecule is Cc1nnc2sc(C(=O)NCc3c(F)ccc(F)c3Cl)c(N)c2c1C[n+]1nc(C)c(C)c2c(N)c(C(=O)NC3CCC3)sc21. The molecule has 1 aliphatic rings. The van der Waals surface area contributed by atoms with Crippen LogP contribution in [0.5, 0.6) is 0 Å². The molecule has 0 aliphatic heterocycles. The third-order valence-corrected chi connectivity index (χ3v) is 10.7. The van der Waals surface area contributed by atoms with Crippen molar-refractivity contribution in [3.05, 3.63) is 66.6 Å². The van der Waals surface area contributed by atoms with Crippen molar-refractivity contribution < 1.29 is 23.1 Å². The van der Waals surface area contributed by atoms with Gasteiger partial charge in [0.25, 0.3) is 16.6 Å². The second-order valence-corrected chi connectivity index (χ2v) is 13.2. The minimum Gasteiger partial charge on any atom is -0.397 e. The zero-order chi connectivity index (χ0) is 31.4. The van der Waals surface area contributed by atoms with Crippen LogP contribution < -0.4 is 26.8 Å². The highest BCUT2D eigenvalue weighted by atomic mass is 35.5. The highest BCUT2D eigenvalue weighted by Gasteiger charge is 2.31. The molecule has 228 valence electrons. The number of fused-ring (bicyclic) bond motifs is 2. The van der Waals surface area contributed by atoms with E-state index in [1.807, 2.05) is 13.8 Å². The zero-order valence-corrected chi connectivity index (χ0v) is 26.4. The van der Waals surface area contributed by atoms with Gasteiger partial charge in [0.2, 0.25) is 6.54 Å². The third-order valence-electron chi connectivity index (χ3n) is 8.03. The Morgan fingerprint density at radius 1 is 0.977 bits per heavy atom. The number of halogens is 3. The van der Waals surface area contributed by atoms with Crippen LogP contribution in [0.15, 0.2) is 12.1 Å². The maximum absolute atomic E-state index is 14.3. The van der Waals surface area contributed by atoms with Crippen LogP contribution in [-0.4, -0.2) is 33.2 Å². The number of rotatable bonds is 7. The molecule has 6 rings (SSSR count). The van der Waals surface area contributed by atoms with Gasteiger partial charge < -0.3 is 22.1 Å². The Morgan fingerprint density at radius 3 is 2.36 bits per heavy atom. The molecule has 0 radical (unpaired) electrons. The van der Waals surface area contributed by atoms with Crippen molar-refractivity contribution in [2.24, 2.45) is 0 Å². The molecule has 4 heterocycles. The summed E-state index contributed by atoms with van der Waals surface area (Å²) in [6, 6.07) is 2.03. The summed E-state index contributed by atoms with van der Waals surface area (Å²) in [7, 11) is 0. The number of nitrogens with zero attached hydrogens (tertiary/aromatic N) is 4. The molecule has 0 saturated heterocycles. The summed E-state index contributed by atoms with van der Waals surface area (Å²) in [5, 5.41) is 19.9. The number of aryl methyl sites for hydroxylation is 3. The quantitative estimate of drug-likeness (QED) is 0.144. The van der Waals surface area contributed by atoms with E-state index in [9.17, 15) is 18.4 Å². The summed E-state index contributed by atoms with van der Waals surface area (Å²) < 4.78 is 29.9. The molecule has 5 aromatic rings. The van der Waals surface area contributed by atoms with Crippen molar-refractivity contribution in [1.29, 1.82) is 0 Å². The van der Waals surface area contributed by atoms with Gasteiger partial charge in [-0.15, -0.1) is 16.4 Å². The van der Waals surface area contributed by atoms with Gasteiger partial charge >= 0.3 is 0 Å². The number of amides is 2. The number of nitrogen functional groups attached to an aromatic ring is 2. The number of nitrogens with two attached hydrogens (primary N) is 2. The largest absolute Gasteiger partial charge is 0.397 e. The predicted molar refractivity (Wildman–Crippen MR) is 167 cm³/mol. The average molecular weight is 658 g/mol. The van der Waals surface area contributed by atoms with Crippen molar-refractivity contribution in [1.82, 2.24) is 25.9 Å². The van der Waals surface area contributed by atoms with E-state index in [1.165, 1.54) is 11.3 Å². The summed E-state index contributed by atoms with van der Waals surface area (Å²) in [6.07, 6.45) is 3.01. The number of thiophene rings is 2. The fourth-order valence-electron chi connectivity index (χ4n) is 5.18. The second kappa shape index (κ2) is 11.5. The Balaban J connectivity index is 1.37. The van der Waals surface area contributed by atoms with E-state index in [0.29, 0.717) is 32.0 Å². The van der Waals surface area contributed by atoms with Crippen LogP contribution in [0, 0.1) is 32.4 Å². The number of carbonyl (C=O) groups is 2. The zero-order valence-electron chi connectivity index (χ0n) is 24.0. The first-order valence-corrected chi connectivity index (χ1v) is 15.8. The highest BCUT2D eigenvalue weighted by Crippen LogP contribution is 2.37. The second-order valence-electron chi connectivity index (χ2n) is 10.8. The van der Waals surface area contributed by atoms with Gasteiger partial charge in [0.05, 0.1) is 33.0 Å². The lowest BCUT2D eigenvalue weighted by Gasteiger charge is -2.26. The van der Waals surface area contributed by atoms with Gasteiger partial charge in [-0.25, -0.2) is 8.78 Å².